The van der Waals surface area contributed by atoms with Gasteiger partial charge in [-0.15, -0.1) is 0 Å². The topological polar surface area (TPSA) is 30.7 Å². The van der Waals surface area contributed by atoms with Crippen LogP contribution >= 0.6 is 0 Å². The maximum absolute atomic E-state index is 5.33. The SMILES string of the molecule is c1ccc(-c2nc3ccccc3nc2-n2c3cccc4c3c3c5c(cccc5ccc32)-c2cc3ccccc3cc2-4)cc1. The van der Waals surface area contributed by atoms with Crippen LogP contribution < -0.4 is 0 Å². The Morgan fingerprint density at radius 2 is 1.00 bits per heavy atom. The molecule has 3 nitrogen and oxygen atoms in total. The first-order valence-corrected chi connectivity index (χ1v) is 14.7. The van der Waals surface area contributed by atoms with Crippen LogP contribution in [0.2, 0.25) is 0 Å². The molecule has 0 saturated heterocycles. The predicted octanol–water partition coefficient (Wildman–Crippen LogP) is 10.3. The van der Waals surface area contributed by atoms with Gasteiger partial charge in [-0.1, -0.05) is 103 Å². The molecule has 0 unspecified atom stereocenters. The Morgan fingerprint density at radius 1 is 0.395 bits per heavy atom. The van der Waals surface area contributed by atoms with E-state index in [1.54, 1.807) is 0 Å². The molecule has 0 atom stereocenters. The smallest absolute Gasteiger partial charge is 0.165 e. The van der Waals surface area contributed by atoms with E-state index < -0.39 is 0 Å². The highest BCUT2D eigenvalue weighted by Crippen LogP contribution is 2.50. The Bertz CT molecular complexity index is 2610. The van der Waals surface area contributed by atoms with Crippen molar-refractivity contribution in [2.75, 3.05) is 0 Å². The Morgan fingerprint density at radius 3 is 1.77 bits per heavy atom. The zero-order valence-electron chi connectivity index (χ0n) is 23.1. The molecule has 0 fully saturated rings. The number of hydrogen-bond donors (Lipinski definition) is 0. The van der Waals surface area contributed by atoms with Gasteiger partial charge in [0.1, 0.15) is 5.69 Å². The van der Waals surface area contributed by atoms with Crippen molar-refractivity contribution in [1.29, 1.82) is 0 Å². The number of benzene rings is 7. The Kier molecular flexibility index (Phi) is 4.45. The fraction of sp³-hybridized carbons (Fsp3) is 0. The summed E-state index contributed by atoms with van der Waals surface area (Å²) in [7, 11) is 0. The summed E-state index contributed by atoms with van der Waals surface area (Å²) >= 11 is 0. The van der Waals surface area contributed by atoms with E-state index in [4.69, 9.17) is 9.97 Å². The third-order valence-electron chi connectivity index (χ3n) is 9.08. The van der Waals surface area contributed by atoms with Crippen molar-refractivity contribution in [3.05, 3.63) is 140 Å². The summed E-state index contributed by atoms with van der Waals surface area (Å²) in [6, 6.07) is 50.0. The van der Waals surface area contributed by atoms with Crippen LogP contribution in [-0.4, -0.2) is 14.5 Å². The van der Waals surface area contributed by atoms with Gasteiger partial charge in [0, 0.05) is 16.3 Å². The number of nitrogens with zero attached hydrogens (tertiary/aromatic N) is 3. The first-order valence-electron chi connectivity index (χ1n) is 14.7. The molecule has 2 aromatic heterocycles. The normalized spacial score (nSPS) is 12.2. The molecule has 10 rings (SSSR count). The fourth-order valence-corrected chi connectivity index (χ4v) is 7.23. The van der Waals surface area contributed by atoms with Crippen LogP contribution in [0.25, 0.3) is 93.7 Å². The lowest BCUT2D eigenvalue weighted by Crippen LogP contribution is -2.03. The van der Waals surface area contributed by atoms with E-state index in [0.29, 0.717) is 0 Å². The van der Waals surface area contributed by atoms with Crippen LogP contribution in [0.4, 0.5) is 0 Å². The molecule has 7 aromatic carbocycles. The van der Waals surface area contributed by atoms with E-state index in [0.717, 1.165) is 39.1 Å². The number of hydrogen-bond acceptors (Lipinski definition) is 2. The molecule has 198 valence electrons. The minimum absolute atomic E-state index is 0.846. The molecular formula is C40H23N3. The molecule has 3 heteroatoms. The van der Waals surface area contributed by atoms with Gasteiger partial charge in [-0.25, -0.2) is 9.97 Å². The second kappa shape index (κ2) is 8.37. The third kappa shape index (κ3) is 3.08. The molecule has 0 aliphatic heterocycles. The molecule has 2 heterocycles. The quantitative estimate of drug-likeness (QED) is 0.216. The number of fused-ring (bicyclic) bond motifs is 5. The minimum Gasteiger partial charge on any atom is -0.292 e. The van der Waals surface area contributed by atoms with Crippen molar-refractivity contribution in [1.82, 2.24) is 14.5 Å². The van der Waals surface area contributed by atoms with Crippen molar-refractivity contribution >= 4 is 54.4 Å². The highest BCUT2D eigenvalue weighted by molar-refractivity contribution is 6.31. The van der Waals surface area contributed by atoms with Crippen molar-refractivity contribution in [3.63, 3.8) is 0 Å². The van der Waals surface area contributed by atoms with Gasteiger partial charge < -0.3 is 0 Å². The highest BCUT2D eigenvalue weighted by Gasteiger charge is 2.26. The largest absolute Gasteiger partial charge is 0.292 e. The summed E-state index contributed by atoms with van der Waals surface area (Å²) < 4.78 is 2.35. The third-order valence-corrected chi connectivity index (χ3v) is 9.08. The van der Waals surface area contributed by atoms with Crippen molar-refractivity contribution in [2.24, 2.45) is 0 Å². The van der Waals surface area contributed by atoms with E-state index in [-0.39, 0.29) is 0 Å². The number of para-hydroxylation sites is 2. The Hall–Kier alpha value is -5.80. The van der Waals surface area contributed by atoms with Gasteiger partial charge in [0.05, 0.1) is 22.1 Å². The predicted molar refractivity (Wildman–Crippen MR) is 179 cm³/mol. The minimum atomic E-state index is 0.846. The van der Waals surface area contributed by atoms with Crippen molar-refractivity contribution in [2.45, 2.75) is 0 Å². The molecule has 0 radical (unpaired) electrons. The van der Waals surface area contributed by atoms with Gasteiger partial charge in [0.25, 0.3) is 0 Å². The monoisotopic (exact) mass is 545 g/mol. The zero-order valence-corrected chi connectivity index (χ0v) is 23.1. The van der Waals surface area contributed by atoms with Crippen molar-refractivity contribution < 1.29 is 0 Å². The van der Waals surface area contributed by atoms with E-state index in [9.17, 15) is 0 Å². The van der Waals surface area contributed by atoms with Crippen LogP contribution in [0.3, 0.4) is 0 Å². The van der Waals surface area contributed by atoms with E-state index in [1.807, 2.05) is 24.3 Å². The second-order valence-electron chi connectivity index (χ2n) is 11.4. The first-order chi connectivity index (χ1) is 21.3. The van der Waals surface area contributed by atoms with Crippen LogP contribution in [0.15, 0.2) is 140 Å². The summed E-state index contributed by atoms with van der Waals surface area (Å²) in [6.45, 7) is 0. The Labute approximate surface area is 247 Å². The molecule has 0 saturated carbocycles. The Balaban J connectivity index is 1.43. The molecule has 0 amide bonds. The highest BCUT2D eigenvalue weighted by atomic mass is 15.1. The lowest BCUT2D eigenvalue weighted by Gasteiger charge is -2.16. The second-order valence-corrected chi connectivity index (χ2v) is 11.4. The van der Waals surface area contributed by atoms with Gasteiger partial charge in [-0.2, -0.15) is 0 Å². The molecular weight excluding hydrogens is 522 g/mol. The maximum Gasteiger partial charge on any atom is 0.165 e. The maximum atomic E-state index is 5.33. The van der Waals surface area contributed by atoms with E-state index >= 15 is 0 Å². The average Bonchev–Trinajstić information content (AvgIpc) is 3.36. The number of aromatic nitrogens is 3. The average molecular weight is 546 g/mol. The molecule has 9 aromatic rings. The first kappa shape index (κ1) is 22.8. The summed E-state index contributed by atoms with van der Waals surface area (Å²) in [5, 5.41) is 7.58. The molecule has 0 N–H and O–H groups in total. The summed E-state index contributed by atoms with van der Waals surface area (Å²) in [5.41, 5.74) is 11.0. The lowest BCUT2D eigenvalue weighted by molar-refractivity contribution is 1.08. The molecule has 1 aliphatic carbocycles. The molecule has 1 aliphatic rings. The fourth-order valence-electron chi connectivity index (χ4n) is 7.23. The van der Waals surface area contributed by atoms with Crippen molar-refractivity contribution in [3.8, 4) is 39.3 Å². The molecule has 43 heavy (non-hydrogen) atoms. The van der Waals surface area contributed by atoms with E-state index in [2.05, 4.69) is 120 Å². The van der Waals surface area contributed by atoms with Crippen LogP contribution in [0.5, 0.6) is 0 Å². The van der Waals surface area contributed by atoms with E-state index in [1.165, 1.54) is 54.6 Å². The summed E-state index contributed by atoms with van der Waals surface area (Å²) in [4.78, 5) is 10.5. The lowest BCUT2D eigenvalue weighted by atomic mass is 9.91. The molecule has 0 spiro atoms. The number of rotatable bonds is 2. The van der Waals surface area contributed by atoms with Crippen LogP contribution in [0, 0.1) is 0 Å². The summed E-state index contributed by atoms with van der Waals surface area (Å²) in [6.07, 6.45) is 0. The van der Waals surface area contributed by atoms with Gasteiger partial charge in [-0.05, 0) is 80.2 Å². The van der Waals surface area contributed by atoms with Crippen LogP contribution in [0.1, 0.15) is 0 Å². The van der Waals surface area contributed by atoms with Gasteiger partial charge >= 0.3 is 0 Å². The zero-order chi connectivity index (χ0) is 28.1. The standard InChI is InChI=1S/C40H23N3/c1-2-10-25(11-3-1)39-40(42-33-18-7-6-17-32(33)41-39)43-34-19-9-16-29-31-23-27-13-5-4-12-26(27)22-30(31)28-15-8-14-24-20-21-35(43)38(36(24)28)37(29)34/h1-23H. The van der Waals surface area contributed by atoms with Gasteiger partial charge in [-0.3, -0.25) is 4.57 Å². The summed E-state index contributed by atoms with van der Waals surface area (Å²) in [5.74, 6) is 0.846. The van der Waals surface area contributed by atoms with Crippen LogP contribution in [-0.2, 0) is 0 Å². The van der Waals surface area contributed by atoms with Gasteiger partial charge in [0.2, 0.25) is 0 Å². The van der Waals surface area contributed by atoms with Gasteiger partial charge in [0.15, 0.2) is 5.82 Å². The molecule has 0 bridgehead atoms.